The predicted octanol–water partition coefficient (Wildman–Crippen LogP) is 2.75. The molecular weight excluding hydrogens is 819 g/mol. The minimum absolute atomic E-state index is 0.0414. The second-order valence-electron chi connectivity index (χ2n) is 17.8. The summed E-state index contributed by atoms with van der Waals surface area (Å²) in [5.41, 5.74) is 4.73. The SMILES string of the molecule is CCCC(=O)NC(C(=O)N[C@@H](CCCNC(N)=O)C(=O)Nc1ccc(S(=O)(=O)NC(=O)/C(C)=C/[C@H](C(C)C)N(C)C(=O)C(NC(=O)[C@H]2CCCCN2C)C(C)(C)C)cc1)C(C)C. The topological polar surface area (TPSA) is 258 Å². The van der Waals surface area contributed by atoms with Crippen LogP contribution < -0.4 is 37.0 Å². The maximum atomic E-state index is 14.1. The van der Waals surface area contributed by atoms with Gasteiger partial charge >= 0.3 is 6.03 Å². The van der Waals surface area contributed by atoms with E-state index < -0.39 is 63.4 Å². The third-order valence-corrected chi connectivity index (χ3v) is 12.1. The molecule has 1 heterocycles. The Kier molecular flexibility index (Phi) is 20.5. The summed E-state index contributed by atoms with van der Waals surface area (Å²) in [4.78, 5) is 94.3. The van der Waals surface area contributed by atoms with Crippen LogP contribution in [0, 0.1) is 17.3 Å². The molecule has 0 saturated carbocycles. The summed E-state index contributed by atoms with van der Waals surface area (Å²) < 4.78 is 28.8. The fraction of sp³-hybridized carbons (Fsp3) is 0.651. The molecule has 0 spiro atoms. The zero-order valence-corrected chi connectivity index (χ0v) is 39.2. The number of likely N-dealkylation sites (tertiary alicyclic amines) is 1. The van der Waals surface area contributed by atoms with E-state index in [2.05, 4.69) is 31.3 Å². The van der Waals surface area contributed by atoms with Crippen LogP contribution in [0.1, 0.15) is 107 Å². The Hall–Kier alpha value is -5.04. The first-order chi connectivity index (χ1) is 28.8. The van der Waals surface area contributed by atoms with Crippen LogP contribution in [0.15, 0.2) is 40.8 Å². The summed E-state index contributed by atoms with van der Waals surface area (Å²) in [6.07, 6.45) is 5.31. The molecule has 2 unspecified atom stereocenters. The number of likely N-dealkylation sites (N-methyl/N-ethyl adjacent to an activating group) is 2. The summed E-state index contributed by atoms with van der Waals surface area (Å²) in [6, 6.07) is 0.412. The van der Waals surface area contributed by atoms with E-state index in [1.54, 1.807) is 20.9 Å². The van der Waals surface area contributed by atoms with Gasteiger partial charge in [-0.05, 0) is 94.1 Å². The van der Waals surface area contributed by atoms with Crippen LogP contribution in [0.5, 0.6) is 0 Å². The fourth-order valence-corrected chi connectivity index (χ4v) is 8.01. The van der Waals surface area contributed by atoms with Gasteiger partial charge in [-0.15, -0.1) is 0 Å². The largest absolute Gasteiger partial charge is 0.352 e. The van der Waals surface area contributed by atoms with E-state index in [1.807, 2.05) is 53.5 Å². The molecule has 1 aromatic rings. The number of hydrogen-bond acceptors (Lipinski definition) is 10. The van der Waals surface area contributed by atoms with E-state index in [0.29, 0.717) is 12.8 Å². The van der Waals surface area contributed by atoms with Gasteiger partial charge < -0.3 is 37.2 Å². The highest BCUT2D eigenvalue weighted by Crippen LogP contribution is 2.25. The highest BCUT2D eigenvalue weighted by atomic mass is 32.2. The maximum Gasteiger partial charge on any atom is 0.312 e. The Morgan fingerprint density at radius 3 is 2.10 bits per heavy atom. The Balaban J connectivity index is 2.23. The molecule has 18 nitrogen and oxygen atoms in total. The van der Waals surface area contributed by atoms with Crippen molar-refractivity contribution in [3.05, 3.63) is 35.9 Å². The molecule has 1 fully saturated rings. The number of carbonyl (C=O) groups is 7. The summed E-state index contributed by atoms with van der Waals surface area (Å²) in [6.45, 7) is 17.0. The van der Waals surface area contributed by atoms with Crippen molar-refractivity contribution in [2.75, 3.05) is 32.5 Å². The monoisotopic (exact) mass is 890 g/mol. The van der Waals surface area contributed by atoms with E-state index in [0.717, 1.165) is 19.4 Å². The van der Waals surface area contributed by atoms with Crippen molar-refractivity contribution in [1.82, 2.24) is 35.8 Å². The molecule has 5 atom stereocenters. The Labute approximate surface area is 367 Å². The molecule has 0 bridgehead atoms. The number of nitrogens with zero attached hydrogens (tertiary/aromatic N) is 2. The molecule has 8 amide bonds. The lowest BCUT2D eigenvalue weighted by Gasteiger charge is -2.39. The third kappa shape index (κ3) is 16.3. The molecule has 2 rings (SSSR count). The minimum atomic E-state index is -4.41. The van der Waals surface area contributed by atoms with Crippen molar-refractivity contribution < 1.29 is 42.0 Å². The number of carbonyl (C=O) groups excluding carboxylic acids is 7. The molecule has 19 heteroatoms. The number of anilines is 1. The first-order valence-corrected chi connectivity index (χ1v) is 22.9. The van der Waals surface area contributed by atoms with Gasteiger partial charge in [0.2, 0.25) is 29.5 Å². The van der Waals surface area contributed by atoms with Gasteiger partial charge in [-0.3, -0.25) is 33.7 Å². The molecule has 348 valence electrons. The van der Waals surface area contributed by atoms with Crippen LogP contribution >= 0.6 is 0 Å². The average molecular weight is 890 g/mol. The van der Waals surface area contributed by atoms with Crippen molar-refractivity contribution in [3.63, 3.8) is 0 Å². The number of benzene rings is 1. The first-order valence-electron chi connectivity index (χ1n) is 21.4. The highest BCUT2D eigenvalue weighted by Gasteiger charge is 2.39. The summed E-state index contributed by atoms with van der Waals surface area (Å²) in [7, 11) is -0.921. The smallest absolute Gasteiger partial charge is 0.312 e. The van der Waals surface area contributed by atoms with E-state index in [9.17, 15) is 42.0 Å². The van der Waals surface area contributed by atoms with Crippen LogP contribution in [0.25, 0.3) is 0 Å². The number of primary amides is 1. The van der Waals surface area contributed by atoms with Crippen LogP contribution in [0.2, 0.25) is 0 Å². The van der Waals surface area contributed by atoms with Crippen molar-refractivity contribution in [2.45, 2.75) is 142 Å². The average Bonchev–Trinajstić information content (AvgIpc) is 3.17. The molecule has 0 radical (unpaired) electrons. The van der Waals surface area contributed by atoms with Gasteiger partial charge in [0.1, 0.15) is 18.1 Å². The zero-order valence-electron chi connectivity index (χ0n) is 38.3. The van der Waals surface area contributed by atoms with Gasteiger partial charge in [0.25, 0.3) is 15.9 Å². The molecule has 62 heavy (non-hydrogen) atoms. The van der Waals surface area contributed by atoms with Crippen LogP contribution in [0.3, 0.4) is 0 Å². The van der Waals surface area contributed by atoms with Crippen LogP contribution in [-0.4, -0.2) is 117 Å². The standard InChI is InChI=1S/C43H71N9O9S/c1-12-16-34(53)48-35(27(4)5)40(57)47-31(17-15-23-45-42(44)59)38(55)46-29-19-21-30(22-20-29)62(60,61)50-37(54)28(6)25-33(26(2)3)52(11)41(58)36(43(7,8)9)49-39(56)32-18-13-14-24-51(32)10/h19-22,25-27,31-33,35-36H,12-18,23-24H2,1-11H3,(H,46,55)(H,47,57)(H,48,53)(H,49,56)(H,50,54)(H3,44,45,59)/b28-25+/t31-,32+,33+,35?,36?/m0/s1. The maximum absolute atomic E-state index is 14.1. The molecule has 8 N–H and O–H groups in total. The fourth-order valence-electron chi connectivity index (χ4n) is 6.99. The summed E-state index contributed by atoms with van der Waals surface area (Å²) in [5.74, 6) is -3.50. The number of nitrogens with one attached hydrogen (secondary N) is 6. The lowest BCUT2D eigenvalue weighted by Crippen LogP contribution is -2.59. The van der Waals surface area contributed by atoms with Crippen molar-refractivity contribution in [2.24, 2.45) is 23.0 Å². The number of rotatable bonds is 21. The summed E-state index contributed by atoms with van der Waals surface area (Å²) in [5, 5.41) is 13.5. The van der Waals surface area contributed by atoms with Crippen molar-refractivity contribution in [3.8, 4) is 0 Å². The van der Waals surface area contributed by atoms with Gasteiger partial charge in [0.15, 0.2) is 0 Å². The number of nitrogens with two attached hydrogens (primary N) is 1. The predicted molar refractivity (Wildman–Crippen MR) is 238 cm³/mol. The van der Waals surface area contributed by atoms with E-state index >= 15 is 0 Å². The molecule has 1 aromatic carbocycles. The van der Waals surface area contributed by atoms with Crippen molar-refractivity contribution in [1.29, 1.82) is 0 Å². The number of amides is 8. The normalized spacial score (nSPS) is 16.9. The van der Waals surface area contributed by atoms with Crippen LogP contribution in [-0.2, 0) is 38.8 Å². The number of urea groups is 1. The molecule has 1 aliphatic heterocycles. The van der Waals surface area contributed by atoms with E-state index in [1.165, 1.54) is 42.2 Å². The zero-order chi connectivity index (χ0) is 47.1. The van der Waals surface area contributed by atoms with Crippen molar-refractivity contribution >= 4 is 57.2 Å². The first kappa shape index (κ1) is 53.1. The number of sulfonamides is 1. The number of piperidine rings is 1. The van der Waals surface area contributed by atoms with E-state index in [4.69, 9.17) is 5.73 Å². The second kappa shape index (κ2) is 24.0. The van der Waals surface area contributed by atoms with Gasteiger partial charge in [-0.25, -0.2) is 17.9 Å². The summed E-state index contributed by atoms with van der Waals surface area (Å²) >= 11 is 0. The molecule has 1 aliphatic rings. The molecule has 1 saturated heterocycles. The third-order valence-electron chi connectivity index (χ3n) is 10.7. The van der Waals surface area contributed by atoms with Gasteiger partial charge in [-0.1, -0.05) is 67.9 Å². The molecule has 0 aromatic heterocycles. The Morgan fingerprint density at radius 1 is 0.935 bits per heavy atom. The van der Waals surface area contributed by atoms with Gasteiger partial charge in [-0.2, -0.15) is 0 Å². The Bertz CT molecular complexity index is 1880. The molecular formula is C43H71N9O9S. The van der Waals surface area contributed by atoms with Crippen LogP contribution in [0.4, 0.5) is 10.5 Å². The number of hydrogen-bond donors (Lipinski definition) is 7. The quantitative estimate of drug-likeness (QED) is 0.0702. The van der Waals surface area contributed by atoms with E-state index in [-0.39, 0.29) is 77.6 Å². The lowest BCUT2D eigenvalue weighted by molar-refractivity contribution is -0.141. The van der Waals surface area contributed by atoms with Gasteiger partial charge in [0, 0.05) is 31.3 Å². The highest BCUT2D eigenvalue weighted by molar-refractivity contribution is 7.90. The molecule has 0 aliphatic carbocycles. The second-order valence-corrected chi connectivity index (χ2v) is 19.5. The van der Waals surface area contributed by atoms with Gasteiger partial charge in [0.05, 0.1) is 17.0 Å². The lowest BCUT2D eigenvalue weighted by atomic mass is 9.84. The minimum Gasteiger partial charge on any atom is -0.352 e. The Morgan fingerprint density at radius 2 is 1.56 bits per heavy atom.